The molecule has 1 aliphatic heterocycles. The van der Waals surface area contributed by atoms with Crippen molar-refractivity contribution < 1.29 is 23.7 Å². The zero-order chi connectivity index (χ0) is 24.4. The number of carbonyl (C=O) groups is 3. The molecule has 34 heavy (non-hydrogen) atoms. The molecule has 4 rings (SSSR count). The van der Waals surface area contributed by atoms with Crippen LogP contribution in [-0.2, 0) is 9.59 Å². The highest BCUT2D eigenvalue weighted by atomic mass is 16.6. The van der Waals surface area contributed by atoms with Crippen molar-refractivity contribution in [3.8, 4) is 11.3 Å². The minimum atomic E-state index is -0.714. The van der Waals surface area contributed by atoms with Crippen molar-refractivity contribution in [2.45, 2.75) is 13.8 Å². The summed E-state index contributed by atoms with van der Waals surface area (Å²) in [6.07, 6.45) is 1.36. The van der Waals surface area contributed by atoms with Gasteiger partial charge in [0.25, 0.3) is 11.6 Å². The van der Waals surface area contributed by atoms with Crippen LogP contribution in [0, 0.1) is 24.0 Å². The summed E-state index contributed by atoms with van der Waals surface area (Å²) in [5.74, 6) is -0.425. The van der Waals surface area contributed by atoms with Gasteiger partial charge in [0.05, 0.1) is 4.92 Å². The summed E-state index contributed by atoms with van der Waals surface area (Å²) in [4.78, 5) is 48.5. The van der Waals surface area contributed by atoms with E-state index < -0.39 is 29.3 Å². The van der Waals surface area contributed by atoms with Gasteiger partial charge < -0.3 is 15.1 Å². The number of nitro groups is 1. The normalized spacial score (nSPS) is 14.4. The van der Waals surface area contributed by atoms with Crippen molar-refractivity contribution in [1.29, 1.82) is 0 Å². The summed E-state index contributed by atoms with van der Waals surface area (Å²) >= 11 is 0. The van der Waals surface area contributed by atoms with Crippen LogP contribution in [0.3, 0.4) is 0 Å². The summed E-state index contributed by atoms with van der Waals surface area (Å²) in [6, 6.07) is 14.1. The van der Waals surface area contributed by atoms with Crippen LogP contribution in [0.1, 0.15) is 16.9 Å². The number of nitrogens with zero attached hydrogens (tertiary/aromatic N) is 2. The number of aryl methyl sites for hydroxylation is 2. The fourth-order valence-corrected chi connectivity index (χ4v) is 3.54. The number of benzene rings is 2. The zero-order valence-corrected chi connectivity index (χ0v) is 18.3. The monoisotopic (exact) mass is 460 g/mol. The quantitative estimate of drug-likeness (QED) is 0.247. The first kappa shape index (κ1) is 22.5. The molecule has 10 heteroatoms. The fourth-order valence-electron chi connectivity index (χ4n) is 3.54. The number of urea groups is 1. The van der Waals surface area contributed by atoms with E-state index in [9.17, 15) is 24.5 Å². The number of carbonyl (C=O) groups excluding carboxylic acids is 3. The molecule has 2 heterocycles. The summed E-state index contributed by atoms with van der Waals surface area (Å²) in [7, 11) is 0. The Morgan fingerprint density at radius 3 is 2.65 bits per heavy atom. The summed E-state index contributed by atoms with van der Waals surface area (Å²) in [5, 5.41) is 16.0. The van der Waals surface area contributed by atoms with Crippen LogP contribution in [0.15, 0.2) is 64.7 Å². The highest BCUT2D eigenvalue weighted by molar-refractivity contribution is 6.15. The second kappa shape index (κ2) is 9.02. The van der Waals surface area contributed by atoms with E-state index in [4.69, 9.17) is 4.42 Å². The molecule has 2 aromatic carbocycles. The van der Waals surface area contributed by atoms with Gasteiger partial charge >= 0.3 is 6.03 Å². The van der Waals surface area contributed by atoms with Gasteiger partial charge in [-0.15, -0.1) is 0 Å². The standard InChI is InChI=1S/C24H20N4O6/c1-14-4-3-5-16(10-14)25-22(29)13-27-23(30)20(26-24(27)31)12-18-7-9-21(34-18)19-8-6-17(28(32)33)11-15(19)2/h3-12H,13H2,1-2H3,(H,25,29)(H,26,31)/b20-12-. The number of nitrogens with one attached hydrogen (secondary N) is 2. The SMILES string of the molecule is Cc1cccc(NC(=O)CN2C(=O)N/C(=C\c3ccc(-c4ccc([N+](=O)[O-])cc4C)o3)C2=O)c1. The lowest BCUT2D eigenvalue weighted by Crippen LogP contribution is -2.38. The van der Waals surface area contributed by atoms with Gasteiger partial charge in [0, 0.05) is 29.5 Å². The third-order valence-corrected chi connectivity index (χ3v) is 5.17. The number of furan rings is 1. The average molecular weight is 460 g/mol. The molecule has 0 atom stereocenters. The first-order valence-corrected chi connectivity index (χ1v) is 10.3. The molecule has 0 saturated carbocycles. The largest absolute Gasteiger partial charge is 0.457 e. The van der Waals surface area contributed by atoms with Gasteiger partial charge in [0.1, 0.15) is 23.8 Å². The molecule has 3 aromatic rings. The van der Waals surface area contributed by atoms with Gasteiger partial charge in [-0.2, -0.15) is 0 Å². The lowest BCUT2D eigenvalue weighted by Gasteiger charge is -2.12. The Bertz CT molecular complexity index is 1360. The predicted octanol–water partition coefficient (Wildman–Crippen LogP) is 4.00. The van der Waals surface area contributed by atoms with Crippen LogP contribution in [0.25, 0.3) is 17.4 Å². The minimum absolute atomic E-state index is 0.0269. The molecule has 2 N–H and O–H groups in total. The number of nitro benzene ring substituents is 1. The van der Waals surface area contributed by atoms with E-state index in [0.29, 0.717) is 28.3 Å². The Morgan fingerprint density at radius 1 is 1.15 bits per heavy atom. The maximum absolute atomic E-state index is 12.7. The molecule has 0 radical (unpaired) electrons. The molecule has 0 unspecified atom stereocenters. The Balaban J connectivity index is 1.47. The Labute approximate surface area is 194 Å². The highest BCUT2D eigenvalue weighted by Crippen LogP contribution is 2.29. The van der Waals surface area contributed by atoms with Crippen molar-refractivity contribution in [1.82, 2.24) is 10.2 Å². The van der Waals surface area contributed by atoms with E-state index in [1.54, 1.807) is 43.3 Å². The third kappa shape index (κ3) is 4.70. The lowest BCUT2D eigenvalue weighted by atomic mass is 10.1. The number of imide groups is 1. The van der Waals surface area contributed by atoms with E-state index >= 15 is 0 Å². The van der Waals surface area contributed by atoms with Crippen molar-refractivity contribution in [3.05, 3.63) is 87.3 Å². The number of hydrogen-bond acceptors (Lipinski definition) is 6. The van der Waals surface area contributed by atoms with E-state index in [-0.39, 0.29) is 11.4 Å². The van der Waals surface area contributed by atoms with Crippen LogP contribution in [-0.4, -0.2) is 34.2 Å². The zero-order valence-electron chi connectivity index (χ0n) is 18.3. The Hall–Kier alpha value is -4.73. The van der Waals surface area contributed by atoms with Crippen LogP contribution in [0.2, 0.25) is 0 Å². The number of hydrogen-bond donors (Lipinski definition) is 2. The van der Waals surface area contributed by atoms with Crippen molar-refractivity contribution in [3.63, 3.8) is 0 Å². The van der Waals surface area contributed by atoms with Gasteiger partial charge in [-0.3, -0.25) is 19.7 Å². The van der Waals surface area contributed by atoms with Crippen molar-refractivity contribution >= 4 is 35.3 Å². The second-order valence-corrected chi connectivity index (χ2v) is 7.76. The van der Waals surface area contributed by atoms with Crippen LogP contribution in [0.5, 0.6) is 0 Å². The predicted molar refractivity (Wildman–Crippen MR) is 124 cm³/mol. The van der Waals surface area contributed by atoms with E-state index in [0.717, 1.165) is 10.5 Å². The van der Waals surface area contributed by atoms with Crippen molar-refractivity contribution in [2.24, 2.45) is 0 Å². The number of amides is 4. The lowest BCUT2D eigenvalue weighted by molar-refractivity contribution is -0.384. The van der Waals surface area contributed by atoms with E-state index in [1.165, 1.54) is 18.2 Å². The smallest absolute Gasteiger partial charge is 0.329 e. The number of anilines is 1. The molecule has 10 nitrogen and oxygen atoms in total. The Morgan fingerprint density at radius 2 is 1.94 bits per heavy atom. The van der Waals surface area contributed by atoms with E-state index in [1.807, 2.05) is 13.0 Å². The third-order valence-electron chi connectivity index (χ3n) is 5.17. The number of rotatable bonds is 6. The number of non-ortho nitro benzene ring substituents is 1. The molecule has 0 spiro atoms. The maximum atomic E-state index is 12.7. The molecule has 1 aromatic heterocycles. The van der Waals surface area contributed by atoms with Gasteiger partial charge in [-0.1, -0.05) is 12.1 Å². The minimum Gasteiger partial charge on any atom is -0.457 e. The molecular weight excluding hydrogens is 440 g/mol. The molecular formula is C24H20N4O6. The Kier molecular flexibility index (Phi) is 5.96. The molecule has 0 bridgehead atoms. The summed E-state index contributed by atoms with van der Waals surface area (Å²) in [6.45, 7) is 3.16. The highest BCUT2D eigenvalue weighted by Gasteiger charge is 2.35. The van der Waals surface area contributed by atoms with Crippen LogP contribution >= 0.6 is 0 Å². The van der Waals surface area contributed by atoms with Gasteiger partial charge in [-0.25, -0.2) is 9.69 Å². The van der Waals surface area contributed by atoms with Crippen molar-refractivity contribution in [2.75, 3.05) is 11.9 Å². The first-order valence-electron chi connectivity index (χ1n) is 10.3. The van der Waals surface area contributed by atoms with Crippen LogP contribution < -0.4 is 10.6 Å². The second-order valence-electron chi connectivity index (χ2n) is 7.76. The fraction of sp³-hybridized carbons (Fsp3) is 0.125. The maximum Gasteiger partial charge on any atom is 0.329 e. The first-order chi connectivity index (χ1) is 16.2. The summed E-state index contributed by atoms with van der Waals surface area (Å²) < 4.78 is 5.76. The molecule has 4 amide bonds. The molecule has 172 valence electrons. The van der Waals surface area contributed by atoms with Gasteiger partial charge in [0.15, 0.2) is 0 Å². The molecule has 0 aliphatic carbocycles. The van der Waals surface area contributed by atoms with Gasteiger partial charge in [-0.05, 0) is 55.3 Å². The average Bonchev–Trinajstić information content (AvgIpc) is 3.34. The molecule has 1 fully saturated rings. The summed E-state index contributed by atoms with van der Waals surface area (Å²) in [5.41, 5.74) is 2.78. The van der Waals surface area contributed by atoms with E-state index in [2.05, 4.69) is 10.6 Å². The van der Waals surface area contributed by atoms with Gasteiger partial charge in [0.2, 0.25) is 5.91 Å². The molecule has 1 saturated heterocycles. The molecule has 1 aliphatic rings. The van der Waals surface area contributed by atoms with Crippen LogP contribution in [0.4, 0.5) is 16.2 Å². The topological polar surface area (TPSA) is 135 Å².